The largest absolute Gasteiger partial charge is 0.305 e. The van der Waals surface area contributed by atoms with Gasteiger partial charge in [-0.05, 0) is 36.5 Å². The molecule has 1 aliphatic rings. The molecular formula is C11H23NS. The second-order valence-corrected chi connectivity index (χ2v) is 6.05. The van der Waals surface area contributed by atoms with Crippen molar-refractivity contribution in [1.82, 2.24) is 5.32 Å². The Kier molecular flexibility index (Phi) is 4.60. The molecule has 0 spiro atoms. The average Bonchev–Trinajstić information content (AvgIpc) is 2.04. The van der Waals surface area contributed by atoms with Crippen LogP contribution in [0.5, 0.6) is 0 Å². The van der Waals surface area contributed by atoms with E-state index in [2.05, 4.69) is 44.8 Å². The van der Waals surface area contributed by atoms with Crippen molar-refractivity contribution in [2.75, 3.05) is 12.3 Å². The molecule has 13 heavy (non-hydrogen) atoms. The van der Waals surface area contributed by atoms with Gasteiger partial charge in [0.25, 0.3) is 0 Å². The first-order chi connectivity index (χ1) is 6.09. The fourth-order valence-corrected chi connectivity index (χ4v) is 3.24. The van der Waals surface area contributed by atoms with E-state index in [1.165, 1.54) is 18.7 Å². The van der Waals surface area contributed by atoms with Crippen molar-refractivity contribution in [2.45, 2.75) is 39.5 Å². The van der Waals surface area contributed by atoms with E-state index in [4.69, 9.17) is 0 Å². The van der Waals surface area contributed by atoms with Gasteiger partial charge < -0.3 is 5.32 Å². The molecule has 0 saturated carbocycles. The van der Waals surface area contributed by atoms with E-state index in [1.807, 2.05) is 0 Å². The summed E-state index contributed by atoms with van der Waals surface area (Å²) in [7, 11) is 0. The van der Waals surface area contributed by atoms with Crippen molar-refractivity contribution in [3.8, 4) is 0 Å². The van der Waals surface area contributed by atoms with Gasteiger partial charge in [-0.25, -0.2) is 0 Å². The van der Waals surface area contributed by atoms with E-state index in [0.717, 1.165) is 17.8 Å². The summed E-state index contributed by atoms with van der Waals surface area (Å²) in [5, 5.41) is 4.34. The Morgan fingerprint density at radius 1 is 1.38 bits per heavy atom. The normalized spacial score (nSPS) is 32.1. The molecule has 0 aromatic heterocycles. The first kappa shape index (κ1) is 11.4. The van der Waals surface area contributed by atoms with E-state index in [9.17, 15) is 0 Å². The third-order valence-corrected chi connectivity index (χ3v) is 4.34. The summed E-state index contributed by atoms with van der Waals surface area (Å²) >= 11 is 2.11. The molecule has 1 saturated heterocycles. The Bertz CT molecular complexity index is 139. The van der Waals surface area contributed by atoms with Crippen LogP contribution >= 0.6 is 11.8 Å². The quantitative estimate of drug-likeness (QED) is 0.753. The van der Waals surface area contributed by atoms with Crippen LogP contribution in [-0.4, -0.2) is 17.7 Å². The zero-order chi connectivity index (χ0) is 9.84. The second kappa shape index (κ2) is 5.26. The molecule has 1 fully saturated rings. The summed E-state index contributed by atoms with van der Waals surface area (Å²) in [5.74, 6) is 3.84. The maximum absolute atomic E-state index is 3.64. The van der Waals surface area contributed by atoms with E-state index in [1.54, 1.807) is 0 Å². The number of rotatable bonds is 3. The lowest BCUT2D eigenvalue weighted by Gasteiger charge is -2.32. The molecule has 1 aliphatic heterocycles. The van der Waals surface area contributed by atoms with Crippen molar-refractivity contribution in [1.29, 1.82) is 0 Å². The Balaban J connectivity index is 2.27. The van der Waals surface area contributed by atoms with Gasteiger partial charge in [0.05, 0.1) is 5.37 Å². The van der Waals surface area contributed by atoms with Crippen LogP contribution in [0.1, 0.15) is 34.1 Å². The SMILES string of the molecule is CC(C)CC(C)C1NCC(C)CS1. The van der Waals surface area contributed by atoms with Gasteiger partial charge in [0.1, 0.15) is 0 Å². The van der Waals surface area contributed by atoms with Crippen LogP contribution in [0.3, 0.4) is 0 Å². The molecule has 3 atom stereocenters. The predicted octanol–water partition coefficient (Wildman–Crippen LogP) is 2.97. The third-order valence-electron chi connectivity index (χ3n) is 2.59. The lowest BCUT2D eigenvalue weighted by Crippen LogP contribution is -2.40. The topological polar surface area (TPSA) is 12.0 Å². The van der Waals surface area contributed by atoms with Crippen molar-refractivity contribution in [3.05, 3.63) is 0 Å². The van der Waals surface area contributed by atoms with Crippen LogP contribution in [0.2, 0.25) is 0 Å². The fraction of sp³-hybridized carbons (Fsp3) is 1.00. The van der Waals surface area contributed by atoms with Gasteiger partial charge in [-0.1, -0.05) is 27.7 Å². The minimum atomic E-state index is 0.707. The smallest absolute Gasteiger partial charge is 0.0558 e. The van der Waals surface area contributed by atoms with Crippen LogP contribution in [0.4, 0.5) is 0 Å². The first-order valence-electron chi connectivity index (χ1n) is 5.44. The van der Waals surface area contributed by atoms with Crippen molar-refractivity contribution < 1.29 is 0 Å². The minimum Gasteiger partial charge on any atom is -0.305 e. The maximum atomic E-state index is 3.64. The maximum Gasteiger partial charge on any atom is 0.0558 e. The standard InChI is InChI=1S/C11H23NS/c1-8(2)5-10(4)11-12-6-9(3)7-13-11/h8-12H,5-7H2,1-4H3. The van der Waals surface area contributed by atoms with Gasteiger partial charge in [0, 0.05) is 0 Å². The number of hydrogen-bond donors (Lipinski definition) is 1. The highest BCUT2D eigenvalue weighted by atomic mass is 32.2. The van der Waals surface area contributed by atoms with Crippen LogP contribution in [0.15, 0.2) is 0 Å². The van der Waals surface area contributed by atoms with E-state index in [0.29, 0.717) is 5.37 Å². The molecule has 0 radical (unpaired) electrons. The van der Waals surface area contributed by atoms with E-state index in [-0.39, 0.29) is 0 Å². The van der Waals surface area contributed by atoms with Gasteiger partial charge >= 0.3 is 0 Å². The number of thioether (sulfide) groups is 1. The van der Waals surface area contributed by atoms with Crippen LogP contribution < -0.4 is 5.32 Å². The second-order valence-electron chi connectivity index (χ2n) is 4.87. The summed E-state index contributed by atoms with van der Waals surface area (Å²) in [6.45, 7) is 10.5. The van der Waals surface area contributed by atoms with Crippen molar-refractivity contribution in [3.63, 3.8) is 0 Å². The Labute approximate surface area is 87.1 Å². The summed E-state index contributed by atoms with van der Waals surface area (Å²) in [4.78, 5) is 0. The van der Waals surface area contributed by atoms with Crippen LogP contribution in [0, 0.1) is 17.8 Å². The van der Waals surface area contributed by atoms with Crippen molar-refractivity contribution in [2.24, 2.45) is 17.8 Å². The molecule has 2 heteroatoms. The van der Waals surface area contributed by atoms with Crippen molar-refractivity contribution >= 4 is 11.8 Å². The first-order valence-corrected chi connectivity index (χ1v) is 6.49. The van der Waals surface area contributed by atoms with Crippen LogP contribution in [-0.2, 0) is 0 Å². The molecule has 78 valence electrons. The predicted molar refractivity (Wildman–Crippen MR) is 62.0 cm³/mol. The summed E-state index contributed by atoms with van der Waals surface area (Å²) in [5.41, 5.74) is 0. The lowest BCUT2D eigenvalue weighted by atomic mass is 9.98. The molecular weight excluding hydrogens is 178 g/mol. The summed E-state index contributed by atoms with van der Waals surface area (Å²) in [6.07, 6.45) is 1.35. The minimum absolute atomic E-state index is 0.707. The lowest BCUT2D eigenvalue weighted by molar-refractivity contribution is 0.372. The molecule has 1 rings (SSSR count). The van der Waals surface area contributed by atoms with Gasteiger partial charge in [-0.2, -0.15) is 0 Å². The number of hydrogen-bond acceptors (Lipinski definition) is 2. The van der Waals surface area contributed by atoms with Gasteiger partial charge in [0.15, 0.2) is 0 Å². The molecule has 1 heterocycles. The summed E-state index contributed by atoms with van der Waals surface area (Å²) in [6, 6.07) is 0. The zero-order valence-electron chi connectivity index (χ0n) is 9.34. The molecule has 0 amide bonds. The summed E-state index contributed by atoms with van der Waals surface area (Å²) < 4.78 is 0. The molecule has 3 unspecified atom stereocenters. The Morgan fingerprint density at radius 3 is 2.54 bits per heavy atom. The monoisotopic (exact) mass is 201 g/mol. The molecule has 0 aromatic carbocycles. The molecule has 0 bridgehead atoms. The van der Waals surface area contributed by atoms with Gasteiger partial charge in [-0.3, -0.25) is 0 Å². The zero-order valence-corrected chi connectivity index (χ0v) is 10.2. The Morgan fingerprint density at radius 2 is 2.08 bits per heavy atom. The van der Waals surface area contributed by atoms with Crippen LogP contribution in [0.25, 0.3) is 0 Å². The molecule has 0 aliphatic carbocycles. The highest BCUT2D eigenvalue weighted by molar-refractivity contribution is 7.99. The van der Waals surface area contributed by atoms with Gasteiger partial charge in [-0.15, -0.1) is 11.8 Å². The van der Waals surface area contributed by atoms with Gasteiger partial charge in [0.2, 0.25) is 0 Å². The molecule has 0 aromatic rings. The molecule has 1 nitrogen and oxygen atoms in total. The number of nitrogens with one attached hydrogen (secondary N) is 1. The Hall–Kier alpha value is 0.310. The van der Waals surface area contributed by atoms with E-state index < -0.39 is 0 Å². The fourth-order valence-electron chi connectivity index (χ4n) is 1.94. The highest BCUT2D eigenvalue weighted by Gasteiger charge is 2.23. The average molecular weight is 201 g/mol. The van der Waals surface area contributed by atoms with E-state index >= 15 is 0 Å². The third kappa shape index (κ3) is 3.90. The highest BCUT2D eigenvalue weighted by Crippen LogP contribution is 2.27. The molecule has 1 N–H and O–H groups in total.